The van der Waals surface area contributed by atoms with E-state index in [-0.39, 0.29) is 11.7 Å². The van der Waals surface area contributed by atoms with Crippen molar-refractivity contribution in [2.75, 3.05) is 0 Å². The Kier molecular flexibility index (Phi) is 4.84. The van der Waals surface area contributed by atoms with Crippen molar-refractivity contribution in [1.82, 2.24) is 15.0 Å². The molecule has 0 aliphatic rings. The van der Waals surface area contributed by atoms with Crippen LogP contribution in [0.15, 0.2) is 73.3 Å². The molecule has 4 heteroatoms. The van der Waals surface area contributed by atoms with E-state index in [0.717, 1.165) is 17.8 Å². The van der Waals surface area contributed by atoms with Gasteiger partial charge in [-0.15, -0.1) is 0 Å². The van der Waals surface area contributed by atoms with E-state index in [1.807, 2.05) is 36.4 Å². The largest absolute Gasteiger partial charge is 0.293 e. The molecule has 23 heavy (non-hydrogen) atoms. The summed E-state index contributed by atoms with van der Waals surface area (Å²) in [5.41, 5.74) is 2.38. The third-order valence-corrected chi connectivity index (χ3v) is 3.72. The van der Waals surface area contributed by atoms with Crippen LogP contribution in [0.5, 0.6) is 0 Å². The molecule has 4 nitrogen and oxygen atoms in total. The molecule has 0 bridgehead atoms. The van der Waals surface area contributed by atoms with Crippen molar-refractivity contribution >= 4 is 5.78 Å². The van der Waals surface area contributed by atoms with Crippen molar-refractivity contribution in [3.05, 3.63) is 90.3 Å². The Morgan fingerprint density at radius 1 is 0.913 bits per heavy atom. The molecule has 0 unspecified atom stereocenters. The lowest BCUT2D eigenvalue weighted by Crippen LogP contribution is -2.15. The van der Waals surface area contributed by atoms with E-state index in [4.69, 9.17) is 0 Å². The Hall–Kier alpha value is -2.88. The van der Waals surface area contributed by atoms with Crippen LogP contribution in [0.2, 0.25) is 0 Å². The molecule has 0 N–H and O–H groups in total. The maximum Gasteiger partial charge on any atom is 0.173 e. The van der Waals surface area contributed by atoms with E-state index >= 15 is 0 Å². The smallest absolute Gasteiger partial charge is 0.173 e. The number of hydrogen-bond acceptors (Lipinski definition) is 4. The van der Waals surface area contributed by atoms with Crippen LogP contribution in [0.25, 0.3) is 0 Å². The van der Waals surface area contributed by atoms with Gasteiger partial charge in [0.15, 0.2) is 5.78 Å². The molecular weight excluding hydrogens is 286 g/mol. The highest BCUT2D eigenvalue weighted by Gasteiger charge is 2.23. The van der Waals surface area contributed by atoms with E-state index in [2.05, 4.69) is 15.0 Å². The maximum absolute atomic E-state index is 12.9. The van der Waals surface area contributed by atoms with Crippen LogP contribution < -0.4 is 0 Å². The van der Waals surface area contributed by atoms with Crippen molar-refractivity contribution in [3.8, 4) is 0 Å². The van der Waals surface area contributed by atoms with Gasteiger partial charge in [0.25, 0.3) is 0 Å². The predicted molar refractivity (Wildman–Crippen MR) is 88.1 cm³/mol. The second kappa shape index (κ2) is 7.40. The predicted octanol–water partition coefficient (Wildman–Crippen LogP) is 3.47. The fraction of sp³-hybridized carbons (Fsp3) is 0.158. The molecule has 0 aromatic carbocycles. The van der Waals surface area contributed by atoms with E-state index < -0.39 is 0 Å². The van der Waals surface area contributed by atoms with Crippen LogP contribution in [0.3, 0.4) is 0 Å². The highest BCUT2D eigenvalue weighted by molar-refractivity contribution is 6.00. The first-order valence-corrected chi connectivity index (χ1v) is 7.59. The van der Waals surface area contributed by atoms with Gasteiger partial charge in [0.1, 0.15) is 0 Å². The molecule has 114 valence electrons. The molecule has 0 spiro atoms. The molecule has 0 saturated carbocycles. The van der Waals surface area contributed by atoms with Crippen molar-refractivity contribution < 1.29 is 4.79 Å². The van der Waals surface area contributed by atoms with E-state index in [0.29, 0.717) is 12.0 Å². The first kappa shape index (κ1) is 15.0. The van der Waals surface area contributed by atoms with Crippen LogP contribution in [-0.2, 0) is 6.42 Å². The second-order valence-corrected chi connectivity index (χ2v) is 5.27. The summed E-state index contributed by atoms with van der Waals surface area (Å²) in [5.74, 6) is -0.241. The zero-order valence-electron chi connectivity index (χ0n) is 12.7. The van der Waals surface area contributed by atoms with Gasteiger partial charge in [0.05, 0.1) is 11.6 Å². The number of pyridine rings is 3. The van der Waals surface area contributed by atoms with Gasteiger partial charge < -0.3 is 0 Å². The van der Waals surface area contributed by atoms with Crippen LogP contribution in [0.1, 0.15) is 34.1 Å². The summed E-state index contributed by atoms with van der Waals surface area (Å²) in [6.45, 7) is 0. The highest BCUT2D eigenvalue weighted by Crippen LogP contribution is 2.24. The maximum atomic E-state index is 12.9. The summed E-state index contributed by atoms with van der Waals surface area (Å²) in [4.78, 5) is 25.6. The Morgan fingerprint density at radius 2 is 1.74 bits per heavy atom. The van der Waals surface area contributed by atoms with Gasteiger partial charge in [-0.1, -0.05) is 12.1 Å². The minimum Gasteiger partial charge on any atom is -0.293 e. The molecule has 0 aliphatic heterocycles. The zero-order valence-corrected chi connectivity index (χ0v) is 12.7. The number of hydrogen-bond donors (Lipinski definition) is 0. The monoisotopic (exact) mass is 303 g/mol. The van der Waals surface area contributed by atoms with E-state index in [1.54, 1.807) is 36.9 Å². The number of aryl methyl sites for hydroxylation is 1. The summed E-state index contributed by atoms with van der Waals surface area (Å²) >= 11 is 0. The standard InChI is InChI=1S/C19H17N3O/c23-19(15-6-5-11-20-14-15)17(18-8-2-4-13-22-18)10-9-16-7-1-3-12-21-16/h1-8,11-14,17H,9-10H2/t17-/m0/s1. The SMILES string of the molecule is O=C(c1cccnc1)[C@@H](CCc1ccccn1)c1ccccn1. The van der Waals surface area contributed by atoms with Gasteiger partial charge in [-0.3, -0.25) is 19.7 Å². The lowest BCUT2D eigenvalue weighted by atomic mass is 9.90. The number of Topliss-reactive ketones (excluding diaryl/α,β-unsaturated/α-hetero) is 1. The first-order valence-electron chi connectivity index (χ1n) is 7.59. The first-order chi connectivity index (χ1) is 11.3. The van der Waals surface area contributed by atoms with Crippen LogP contribution in [0, 0.1) is 0 Å². The minimum atomic E-state index is -0.289. The third-order valence-electron chi connectivity index (χ3n) is 3.72. The normalized spacial score (nSPS) is 11.8. The Morgan fingerprint density at radius 3 is 2.39 bits per heavy atom. The molecule has 0 amide bonds. The van der Waals surface area contributed by atoms with Crippen molar-refractivity contribution in [1.29, 1.82) is 0 Å². The fourth-order valence-corrected chi connectivity index (χ4v) is 2.54. The summed E-state index contributed by atoms with van der Waals surface area (Å²) in [5, 5.41) is 0. The van der Waals surface area contributed by atoms with Gasteiger partial charge in [0.2, 0.25) is 0 Å². The lowest BCUT2D eigenvalue weighted by Gasteiger charge is -2.15. The van der Waals surface area contributed by atoms with Gasteiger partial charge >= 0.3 is 0 Å². The van der Waals surface area contributed by atoms with Gasteiger partial charge in [-0.25, -0.2) is 0 Å². The number of carbonyl (C=O) groups is 1. The zero-order chi connectivity index (χ0) is 15.9. The summed E-state index contributed by atoms with van der Waals surface area (Å²) in [6, 6.07) is 15.1. The molecule has 0 saturated heterocycles. The molecule has 3 aromatic rings. The number of nitrogens with zero attached hydrogens (tertiary/aromatic N) is 3. The molecule has 0 radical (unpaired) electrons. The summed E-state index contributed by atoms with van der Waals surface area (Å²) in [6.07, 6.45) is 8.17. The molecule has 0 fully saturated rings. The molecule has 1 atom stereocenters. The number of rotatable bonds is 6. The van der Waals surface area contributed by atoms with Crippen LogP contribution >= 0.6 is 0 Å². The Bertz CT molecular complexity index is 745. The molecule has 3 heterocycles. The van der Waals surface area contributed by atoms with Gasteiger partial charge in [-0.2, -0.15) is 0 Å². The van der Waals surface area contributed by atoms with Gasteiger partial charge in [0, 0.05) is 36.0 Å². The summed E-state index contributed by atoms with van der Waals surface area (Å²) in [7, 11) is 0. The van der Waals surface area contributed by atoms with Crippen molar-refractivity contribution in [3.63, 3.8) is 0 Å². The second-order valence-electron chi connectivity index (χ2n) is 5.27. The quantitative estimate of drug-likeness (QED) is 0.654. The molecule has 0 aliphatic carbocycles. The third kappa shape index (κ3) is 3.86. The highest BCUT2D eigenvalue weighted by atomic mass is 16.1. The number of aromatic nitrogens is 3. The average molecular weight is 303 g/mol. The van der Waals surface area contributed by atoms with Crippen molar-refractivity contribution in [2.45, 2.75) is 18.8 Å². The van der Waals surface area contributed by atoms with E-state index in [1.165, 1.54) is 0 Å². The molecule has 3 aromatic heterocycles. The number of carbonyl (C=O) groups excluding carboxylic acids is 1. The van der Waals surface area contributed by atoms with Crippen molar-refractivity contribution in [2.24, 2.45) is 0 Å². The lowest BCUT2D eigenvalue weighted by molar-refractivity contribution is 0.0953. The Labute approximate surface area is 135 Å². The fourth-order valence-electron chi connectivity index (χ4n) is 2.54. The topological polar surface area (TPSA) is 55.7 Å². The van der Waals surface area contributed by atoms with E-state index in [9.17, 15) is 4.79 Å². The molecular formula is C19H17N3O. The average Bonchev–Trinajstić information content (AvgIpc) is 2.64. The van der Waals surface area contributed by atoms with Crippen LogP contribution in [0.4, 0.5) is 0 Å². The number of ketones is 1. The van der Waals surface area contributed by atoms with Crippen LogP contribution in [-0.4, -0.2) is 20.7 Å². The Balaban J connectivity index is 1.84. The molecule has 3 rings (SSSR count). The van der Waals surface area contributed by atoms with Gasteiger partial charge in [-0.05, 0) is 49.2 Å². The minimum absolute atomic E-state index is 0.0488. The summed E-state index contributed by atoms with van der Waals surface area (Å²) < 4.78 is 0.